The standard InChI is InChI=1S/C15H23NO2/c1-12(2)11-18-10-9-16-8-7-15(17)13-5-3-4-6-14(13)16/h3-6,12,15,17H,7-11H2,1-2H3. The van der Waals surface area contributed by atoms with E-state index in [1.165, 1.54) is 0 Å². The van der Waals surface area contributed by atoms with E-state index in [1.54, 1.807) is 0 Å². The molecule has 0 spiro atoms. The lowest BCUT2D eigenvalue weighted by molar-refractivity contribution is 0.113. The maximum Gasteiger partial charge on any atom is 0.0826 e. The van der Waals surface area contributed by atoms with Crippen molar-refractivity contribution in [2.24, 2.45) is 5.92 Å². The molecule has 1 aromatic rings. The fourth-order valence-electron chi connectivity index (χ4n) is 2.34. The molecule has 1 aliphatic rings. The molecule has 1 aromatic carbocycles. The molecule has 1 N–H and O–H groups in total. The number of fused-ring (bicyclic) bond motifs is 1. The van der Waals surface area contributed by atoms with Gasteiger partial charge >= 0.3 is 0 Å². The first-order valence-corrected chi connectivity index (χ1v) is 6.78. The van der Waals surface area contributed by atoms with Crippen molar-refractivity contribution in [2.45, 2.75) is 26.4 Å². The van der Waals surface area contributed by atoms with Gasteiger partial charge in [-0.1, -0.05) is 32.0 Å². The first-order chi connectivity index (χ1) is 8.68. The van der Waals surface area contributed by atoms with Crippen LogP contribution in [0.25, 0.3) is 0 Å². The number of para-hydroxylation sites is 1. The Kier molecular flexibility index (Phi) is 4.61. The molecule has 1 unspecified atom stereocenters. The summed E-state index contributed by atoms with van der Waals surface area (Å²) in [7, 11) is 0. The molecule has 1 heterocycles. The van der Waals surface area contributed by atoms with Crippen molar-refractivity contribution < 1.29 is 9.84 Å². The Bertz CT molecular complexity index is 379. The zero-order valence-corrected chi connectivity index (χ0v) is 11.3. The van der Waals surface area contributed by atoms with Gasteiger partial charge in [0, 0.05) is 30.9 Å². The molecule has 0 saturated heterocycles. The van der Waals surface area contributed by atoms with E-state index in [4.69, 9.17) is 4.74 Å². The highest BCUT2D eigenvalue weighted by Crippen LogP contribution is 2.32. The lowest BCUT2D eigenvalue weighted by Crippen LogP contribution is -2.34. The summed E-state index contributed by atoms with van der Waals surface area (Å²) < 4.78 is 5.64. The molecule has 2 rings (SSSR count). The highest BCUT2D eigenvalue weighted by molar-refractivity contribution is 5.56. The number of hydrogen-bond acceptors (Lipinski definition) is 3. The largest absolute Gasteiger partial charge is 0.388 e. The van der Waals surface area contributed by atoms with E-state index in [9.17, 15) is 5.11 Å². The molecule has 0 radical (unpaired) electrons. The summed E-state index contributed by atoms with van der Waals surface area (Å²) in [5, 5.41) is 9.97. The van der Waals surface area contributed by atoms with E-state index >= 15 is 0 Å². The van der Waals surface area contributed by atoms with Crippen molar-refractivity contribution in [2.75, 3.05) is 31.2 Å². The summed E-state index contributed by atoms with van der Waals surface area (Å²) >= 11 is 0. The van der Waals surface area contributed by atoms with Gasteiger partial charge < -0.3 is 14.7 Å². The van der Waals surface area contributed by atoms with E-state index < -0.39 is 0 Å². The van der Waals surface area contributed by atoms with Crippen LogP contribution in [0.3, 0.4) is 0 Å². The van der Waals surface area contributed by atoms with Gasteiger partial charge in [-0.2, -0.15) is 0 Å². The zero-order chi connectivity index (χ0) is 13.0. The van der Waals surface area contributed by atoms with Crippen molar-refractivity contribution in [3.05, 3.63) is 29.8 Å². The van der Waals surface area contributed by atoms with E-state index in [2.05, 4.69) is 24.8 Å². The van der Waals surface area contributed by atoms with E-state index in [0.29, 0.717) is 5.92 Å². The molecule has 1 atom stereocenters. The third kappa shape index (κ3) is 3.24. The lowest BCUT2D eigenvalue weighted by atomic mass is 9.99. The molecule has 0 aliphatic carbocycles. The minimum atomic E-state index is -0.311. The minimum absolute atomic E-state index is 0.311. The molecule has 3 nitrogen and oxygen atoms in total. The normalized spacial score (nSPS) is 19.1. The fourth-order valence-corrected chi connectivity index (χ4v) is 2.34. The van der Waals surface area contributed by atoms with Crippen molar-refractivity contribution in [3.8, 4) is 0 Å². The van der Waals surface area contributed by atoms with Crippen LogP contribution in [0.2, 0.25) is 0 Å². The highest BCUT2D eigenvalue weighted by atomic mass is 16.5. The maximum absolute atomic E-state index is 9.97. The predicted molar refractivity (Wildman–Crippen MR) is 73.9 cm³/mol. The Hall–Kier alpha value is -1.06. The summed E-state index contributed by atoms with van der Waals surface area (Å²) in [4.78, 5) is 2.31. The maximum atomic E-state index is 9.97. The van der Waals surface area contributed by atoms with Gasteiger partial charge in [0.25, 0.3) is 0 Å². The number of hydrogen-bond donors (Lipinski definition) is 1. The van der Waals surface area contributed by atoms with Crippen LogP contribution < -0.4 is 4.90 Å². The number of nitrogens with zero attached hydrogens (tertiary/aromatic N) is 1. The molecule has 0 saturated carbocycles. The second kappa shape index (κ2) is 6.21. The first kappa shape index (κ1) is 13.4. The van der Waals surface area contributed by atoms with Crippen LogP contribution in [0.4, 0.5) is 5.69 Å². The quantitative estimate of drug-likeness (QED) is 0.814. The van der Waals surface area contributed by atoms with E-state index in [0.717, 1.165) is 44.0 Å². The third-order valence-electron chi connectivity index (χ3n) is 3.27. The number of ether oxygens (including phenoxy) is 1. The third-order valence-corrected chi connectivity index (χ3v) is 3.27. The molecule has 3 heteroatoms. The molecule has 100 valence electrons. The van der Waals surface area contributed by atoms with Gasteiger partial charge in [0.05, 0.1) is 12.7 Å². The van der Waals surface area contributed by atoms with Crippen molar-refractivity contribution in [1.82, 2.24) is 0 Å². The smallest absolute Gasteiger partial charge is 0.0826 e. The van der Waals surface area contributed by atoms with Crippen molar-refractivity contribution >= 4 is 5.69 Å². The summed E-state index contributed by atoms with van der Waals surface area (Å²) in [6.45, 7) is 7.69. The van der Waals surface area contributed by atoms with Crippen LogP contribution in [-0.2, 0) is 4.74 Å². The van der Waals surface area contributed by atoms with Crippen molar-refractivity contribution in [3.63, 3.8) is 0 Å². The molecule has 0 bridgehead atoms. The van der Waals surface area contributed by atoms with Gasteiger partial charge in [-0.25, -0.2) is 0 Å². The molecule has 0 amide bonds. The monoisotopic (exact) mass is 249 g/mol. The highest BCUT2D eigenvalue weighted by Gasteiger charge is 2.22. The van der Waals surface area contributed by atoms with Gasteiger partial charge in [-0.3, -0.25) is 0 Å². The van der Waals surface area contributed by atoms with Gasteiger partial charge in [0.1, 0.15) is 0 Å². The van der Waals surface area contributed by atoms with Crippen LogP contribution in [-0.4, -0.2) is 31.4 Å². The predicted octanol–water partition coefficient (Wildman–Crippen LogP) is 2.60. The van der Waals surface area contributed by atoms with Crippen LogP contribution in [0.1, 0.15) is 31.9 Å². The zero-order valence-electron chi connectivity index (χ0n) is 11.3. The van der Waals surface area contributed by atoms with Crippen LogP contribution in [0, 0.1) is 5.92 Å². The SMILES string of the molecule is CC(C)COCCN1CCC(O)c2ccccc21. The van der Waals surface area contributed by atoms with Crippen LogP contribution in [0.5, 0.6) is 0 Å². The second-order valence-electron chi connectivity index (χ2n) is 5.32. The molecular formula is C15H23NO2. The topological polar surface area (TPSA) is 32.7 Å². The number of aliphatic hydroxyl groups is 1. The van der Waals surface area contributed by atoms with E-state index in [1.807, 2.05) is 18.2 Å². The van der Waals surface area contributed by atoms with Gasteiger partial charge in [-0.05, 0) is 18.4 Å². The summed E-state index contributed by atoms with van der Waals surface area (Å²) in [6, 6.07) is 8.11. The number of aliphatic hydroxyl groups excluding tert-OH is 1. The summed E-state index contributed by atoms with van der Waals surface area (Å²) in [5.74, 6) is 0.584. The van der Waals surface area contributed by atoms with Crippen LogP contribution >= 0.6 is 0 Å². The number of benzene rings is 1. The first-order valence-electron chi connectivity index (χ1n) is 6.78. The Balaban J connectivity index is 1.92. The lowest BCUT2D eigenvalue weighted by Gasteiger charge is -2.33. The molecular weight excluding hydrogens is 226 g/mol. The van der Waals surface area contributed by atoms with Gasteiger partial charge in [-0.15, -0.1) is 0 Å². The van der Waals surface area contributed by atoms with Gasteiger partial charge in [0.15, 0.2) is 0 Å². The Morgan fingerprint density at radius 2 is 2.17 bits per heavy atom. The van der Waals surface area contributed by atoms with Gasteiger partial charge in [0.2, 0.25) is 0 Å². The molecule has 0 fully saturated rings. The number of rotatable bonds is 5. The van der Waals surface area contributed by atoms with Crippen LogP contribution in [0.15, 0.2) is 24.3 Å². The Morgan fingerprint density at radius 3 is 2.94 bits per heavy atom. The Labute approximate surface area is 109 Å². The summed E-state index contributed by atoms with van der Waals surface area (Å²) in [6.07, 6.45) is 0.496. The average Bonchev–Trinajstić information content (AvgIpc) is 2.37. The minimum Gasteiger partial charge on any atom is -0.388 e. The Morgan fingerprint density at radius 1 is 1.39 bits per heavy atom. The molecule has 0 aromatic heterocycles. The number of anilines is 1. The fraction of sp³-hybridized carbons (Fsp3) is 0.600. The van der Waals surface area contributed by atoms with E-state index in [-0.39, 0.29) is 6.10 Å². The molecule has 1 aliphatic heterocycles. The van der Waals surface area contributed by atoms with Crippen molar-refractivity contribution in [1.29, 1.82) is 0 Å². The summed E-state index contributed by atoms with van der Waals surface area (Å²) in [5.41, 5.74) is 2.21. The average molecular weight is 249 g/mol. The second-order valence-corrected chi connectivity index (χ2v) is 5.32. The molecule has 18 heavy (non-hydrogen) atoms.